The summed E-state index contributed by atoms with van der Waals surface area (Å²) in [6.45, 7) is 5.53. The van der Waals surface area contributed by atoms with Crippen LogP contribution in [0.2, 0.25) is 0 Å². The Morgan fingerprint density at radius 2 is 2.00 bits per heavy atom. The molecule has 0 unspecified atom stereocenters. The number of hydrogen-bond donors (Lipinski definition) is 2. The van der Waals surface area contributed by atoms with Crippen LogP contribution in [0.15, 0.2) is 22.7 Å². The van der Waals surface area contributed by atoms with Crippen LogP contribution in [0.5, 0.6) is 0 Å². The molecule has 0 atom stereocenters. The third kappa shape index (κ3) is 5.30. The third-order valence-electron chi connectivity index (χ3n) is 2.88. The molecule has 1 aromatic rings. The maximum absolute atomic E-state index is 12.0. The minimum absolute atomic E-state index is 0.0112. The Morgan fingerprint density at radius 1 is 1.35 bits per heavy atom. The number of carboxylic acids is 1. The quantitative estimate of drug-likeness (QED) is 0.833. The molecule has 0 aliphatic heterocycles. The highest BCUT2D eigenvalue weighted by molar-refractivity contribution is 9.10. The van der Waals surface area contributed by atoms with Gasteiger partial charge in [0, 0.05) is 16.2 Å². The molecule has 6 heteroatoms. The minimum Gasteiger partial charge on any atom is -0.480 e. The van der Waals surface area contributed by atoms with E-state index in [9.17, 15) is 9.59 Å². The number of amides is 1. The van der Waals surface area contributed by atoms with Gasteiger partial charge in [-0.1, -0.05) is 15.9 Å². The van der Waals surface area contributed by atoms with Gasteiger partial charge in [0.05, 0.1) is 13.1 Å². The first-order valence-electron chi connectivity index (χ1n) is 6.31. The maximum atomic E-state index is 12.0. The number of halogens is 1. The Labute approximate surface area is 127 Å². The lowest BCUT2D eigenvalue weighted by Crippen LogP contribution is -2.41. The fourth-order valence-electron chi connectivity index (χ4n) is 1.74. The van der Waals surface area contributed by atoms with E-state index in [1.54, 1.807) is 4.90 Å². The maximum Gasteiger partial charge on any atom is 0.317 e. The molecule has 0 spiro atoms. The highest BCUT2D eigenvalue weighted by Crippen LogP contribution is 2.20. The molecule has 0 aliphatic carbocycles. The number of nitrogens with one attached hydrogen (secondary N) is 1. The summed E-state index contributed by atoms with van der Waals surface area (Å²) in [7, 11) is 0. The van der Waals surface area contributed by atoms with Gasteiger partial charge in [-0.3, -0.25) is 14.5 Å². The van der Waals surface area contributed by atoms with Gasteiger partial charge in [-0.15, -0.1) is 0 Å². The Bertz CT molecular complexity index is 503. The smallest absolute Gasteiger partial charge is 0.317 e. The lowest BCUT2D eigenvalue weighted by atomic mass is 10.2. The molecular formula is C14H19BrN2O3. The van der Waals surface area contributed by atoms with Gasteiger partial charge >= 0.3 is 5.97 Å². The first kappa shape index (κ1) is 16.7. The van der Waals surface area contributed by atoms with Crippen LogP contribution >= 0.6 is 15.9 Å². The van der Waals surface area contributed by atoms with Crippen LogP contribution in [0.3, 0.4) is 0 Å². The summed E-state index contributed by atoms with van der Waals surface area (Å²) in [5.74, 6) is -1.16. The van der Waals surface area contributed by atoms with Crippen LogP contribution in [-0.4, -0.2) is 41.0 Å². The molecule has 1 amide bonds. The van der Waals surface area contributed by atoms with Gasteiger partial charge in [0.15, 0.2) is 0 Å². The number of rotatable bonds is 6. The highest BCUT2D eigenvalue weighted by Gasteiger charge is 2.17. The number of benzene rings is 1. The molecule has 2 N–H and O–H groups in total. The normalized spacial score (nSPS) is 10.9. The van der Waals surface area contributed by atoms with Crippen LogP contribution in [0, 0.1) is 6.92 Å². The number of carbonyl (C=O) groups excluding carboxylic acids is 1. The second kappa shape index (κ2) is 7.40. The summed E-state index contributed by atoms with van der Waals surface area (Å²) in [6.07, 6.45) is 0. The zero-order valence-corrected chi connectivity index (χ0v) is 13.4. The Balaban J connectivity index is 2.68. The average molecular weight is 343 g/mol. The molecule has 5 nitrogen and oxygen atoms in total. The minimum atomic E-state index is -0.939. The van der Waals surface area contributed by atoms with Gasteiger partial charge in [-0.05, 0) is 44.5 Å². The van der Waals surface area contributed by atoms with E-state index in [-0.39, 0.29) is 25.0 Å². The second-order valence-corrected chi connectivity index (χ2v) is 5.82. The molecule has 0 aromatic heterocycles. The summed E-state index contributed by atoms with van der Waals surface area (Å²) in [6, 6.07) is 5.56. The monoisotopic (exact) mass is 342 g/mol. The Kier molecular flexibility index (Phi) is 6.16. The number of aryl methyl sites for hydroxylation is 1. The van der Waals surface area contributed by atoms with Gasteiger partial charge in [-0.2, -0.15) is 0 Å². The van der Waals surface area contributed by atoms with Crippen molar-refractivity contribution in [1.29, 1.82) is 0 Å². The van der Waals surface area contributed by atoms with Crippen LogP contribution < -0.4 is 5.32 Å². The fraction of sp³-hybridized carbons (Fsp3) is 0.429. The SMILES string of the molecule is Cc1cc(Br)ccc1NC(=O)CN(CC(=O)O)C(C)C. The van der Waals surface area contributed by atoms with Crippen LogP contribution in [0.25, 0.3) is 0 Å². The number of nitrogens with zero attached hydrogens (tertiary/aromatic N) is 1. The van der Waals surface area contributed by atoms with E-state index in [4.69, 9.17) is 5.11 Å². The van der Waals surface area contributed by atoms with Crippen molar-refractivity contribution in [3.05, 3.63) is 28.2 Å². The zero-order valence-electron chi connectivity index (χ0n) is 11.8. The predicted octanol–water partition coefficient (Wildman–Crippen LogP) is 2.49. The largest absolute Gasteiger partial charge is 0.480 e. The molecule has 0 heterocycles. The first-order valence-corrected chi connectivity index (χ1v) is 7.10. The summed E-state index contributed by atoms with van der Waals surface area (Å²) in [5.41, 5.74) is 1.68. The van der Waals surface area contributed by atoms with E-state index >= 15 is 0 Å². The first-order chi connectivity index (χ1) is 9.29. The summed E-state index contributed by atoms with van der Waals surface area (Å²) in [4.78, 5) is 24.4. The molecule has 1 aromatic carbocycles. The van der Waals surface area contributed by atoms with E-state index < -0.39 is 5.97 Å². The molecule has 0 saturated carbocycles. The molecule has 110 valence electrons. The average Bonchev–Trinajstić information content (AvgIpc) is 2.31. The Morgan fingerprint density at radius 3 is 2.50 bits per heavy atom. The van der Waals surface area contributed by atoms with Crippen molar-refractivity contribution in [1.82, 2.24) is 4.90 Å². The fourth-order valence-corrected chi connectivity index (χ4v) is 2.21. The predicted molar refractivity (Wildman–Crippen MR) is 81.9 cm³/mol. The van der Waals surface area contributed by atoms with Crippen molar-refractivity contribution in [3.8, 4) is 0 Å². The van der Waals surface area contributed by atoms with Crippen LogP contribution in [0.1, 0.15) is 19.4 Å². The lowest BCUT2D eigenvalue weighted by molar-refractivity contribution is -0.139. The van der Waals surface area contributed by atoms with Crippen LogP contribution in [-0.2, 0) is 9.59 Å². The van der Waals surface area contributed by atoms with E-state index in [1.807, 2.05) is 39.0 Å². The van der Waals surface area contributed by atoms with E-state index in [2.05, 4.69) is 21.2 Å². The Hall–Kier alpha value is -1.40. The number of aliphatic carboxylic acids is 1. The number of anilines is 1. The molecular weight excluding hydrogens is 324 g/mol. The van der Waals surface area contributed by atoms with E-state index in [1.165, 1.54) is 0 Å². The zero-order chi connectivity index (χ0) is 15.3. The van der Waals surface area contributed by atoms with Gasteiger partial charge in [0.1, 0.15) is 0 Å². The second-order valence-electron chi connectivity index (χ2n) is 4.90. The van der Waals surface area contributed by atoms with Gasteiger partial charge < -0.3 is 10.4 Å². The van der Waals surface area contributed by atoms with Gasteiger partial charge in [0.2, 0.25) is 5.91 Å². The summed E-state index contributed by atoms with van der Waals surface area (Å²) >= 11 is 3.36. The van der Waals surface area contributed by atoms with Gasteiger partial charge in [0.25, 0.3) is 0 Å². The number of carbonyl (C=O) groups is 2. The number of hydrogen-bond acceptors (Lipinski definition) is 3. The van der Waals surface area contributed by atoms with Gasteiger partial charge in [-0.25, -0.2) is 0 Å². The standard InChI is InChI=1S/C14H19BrN2O3/c1-9(2)17(8-14(19)20)7-13(18)16-12-5-4-11(15)6-10(12)3/h4-6,9H,7-8H2,1-3H3,(H,16,18)(H,19,20). The van der Waals surface area contributed by atoms with Crippen molar-refractivity contribution in [3.63, 3.8) is 0 Å². The molecule has 0 bridgehead atoms. The topological polar surface area (TPSA) is 69.6 Å². The van der Waals surface area contributed by atoms with E-state index in [0.29, 0.717) is 0 Å². The molecule has 0 radical (unpaired) electrons. The van der Waals surface area contributed by atoms with Crippen molar-refractivity contribution < 1.29 is 14.7 Å². The van der Waals surface area contributed by atoms with E-state index in [0.717, 1.165) is 15.7 Å². The van der Waals surface area contributed by atoms with Crippen LogP contribution in [0.4, 0.5) is 5.69 Å². The lowest BCUT2D eigenvalue weighted by Gasteiger charge is -2.23. The summed E-state index contributed by atoms with van der Waals surface area (Å²) in [5, 5.41) is 11.6. The summed E-state index contributed by atoms with van der Waals surface area (Å²) < 4.78 is 0.947. The van der Waals surface area contributed by atoms with Crippen molar-refractivity contribution >= 4 is 33.5 Å². The van der Waals surface area contributed by atoms with Crippen molar-refractivity contribution in [2.75, 3.05) is 18.4 Å². The molecule has 20 heavy (non-hydrogen) atoms. The molecule has 0 fully saturated rings. The van der Waals surface area contributed by atoms with Crippen molar-refractivity contribution in [2.24, 2.45) is 0 Å². The van der Waals surface area contributed by atoms with Crippen molar-refractivity contribution in [2.45, 2.75) is 26.8 Å². The molecule has 0 saturated heterocycles. The highest BCUT2D eigenvalue weighted by atomic mass is 79.9. The third-order valence-corrected chi connectivity index (χ3v) is 3.37. The molecule has 0 aliphatic rings. The molecule has 1 rings (SSSR count). The number of carboxylic acid groups (broad SMARTS) is 1.